The van der Waals surface area contributed by atoms with E-state index in [9.17, 15) is 0 Å². The van der Waals surface area contributed by atoms with Crippen LogP contribution in [0.3, 0.4) is 0 Å². The molecule has 2 aromatic carbocycles. The van der Waals surface area contributed by atoms with Crippen molar-refractivity contribution in [2.75, 3.05) is 19.7 Å². The SMILES string of the molecule is Clc1ccc(Cn2nc(OCC3CCNCC3)c3cc(Cl)ccc32)cc1. The topological polar surface area (TPSA) is 39.1 Å². The molecule has 0 radical (unpaired) electrons. The van der Waals surface area contributed by atoms with Crippen molar-refractivity contribution >= 4 is 34.1 Å². The standard InChI is InChI=1S/C20H21Cl2N3O/c21-16-3-1-14(2-4-16)12-25-19-6-5-17(22)11-18(19)20(24-25)26-13-15-7-9-23-10-8-15/h1-6,11,15,23H,7-10,12-13H2. The Morgan fingerprint density at radius 2 is 1.77 bits per heavy atom. The van der Waals surface area contributed by atoms with Crippen LogP contribution in [0, 0.1) is 5.92 Å². The minimum absolute atomic E-state index is 0.576. The first kappa shape index (κ1) is 17.7. The van der Waals surface area contributed by atoms with E-state index in [1.54, 1.807) is 0 Å². The molecule has 26 heavy (non-hydrogen) atoms. The number of nitrogens with one attached hydrogen (secondary N) is 1. The summed E-state index contributed by atoms with van der Waals surface area (Å²) in [5.41, 5.74) is 2.16. The fourth-order valence-electron chi connectivity index (χ4n) is 3.36. The van der Waals surface area contributed by atoms with Gasteiger partial charge in [0.05, 0.1) is 24.1 Å². The van der Waals surface area contributed by atoms with E-state index < -0.39 is 0 Å². The number of halogens is 2. The van der Waals surface area contributed by atoms with Gasteiger partial charge in [-0.2, -0.15) is 0 Å². The van der Waals surface area contributed by atoms with Gasteiger partial charge in [-0.3, -0.25) is 4.68 Å². The van der Waals surface area contributed by atoms with Crippen LogP contribution in [-0.4, -0.2) is 29.5 Å². The smallest absolute Gasteiger partial charge is 0.240 e. The molecule has 0 saturated carbocycles. The van der Waals surface area contributed by atoms with Gasteiger partial charge in [0.25, 0.3) is 0 Å². The lowest BCUT2D eigenvalue weighted by atomic mass is 9.99. The highest BCUT2D eigenvalue weighted by molar-refractivity contribution is 6.31. The lowest BCUT2D eigenvalue weighted by Gasteiger charge is -2.22. The zero-order chi connectivity index (χ0) is 17.9. The lowest BCUT2D eigenvalue weighted by Crippen LogP contribution is -2.30. The third-order valence-electron chi connectivity index (χ3n) is 4.84. The van der Waals surface area contributed by atoms with E-state index in [4.69, 9.17) is 33.0 Å². The third-order valence-corrected chi connectivity index (χ3v) is 5.33. The fraction of sp³-hybridized carbons (Fsp3) is 0.350. The molecule has 0 unspecified atom stereocenters. The van der Waals surface area contributed by atoms with E-state index in [1.807, 2.05) is 47.1 Å². The number of hydrogen-bond donors (Lipinski definition) is 1. The zero-order valence-electron chi connectivity index (χ0n) is 14.4. The molecule has 0 atom stereocenters. The molecule has 1 aliphatic rings. The largest absolute Gasteiger partial charge is 0.476 e. The van der Waals surface area contributed by atoms with Gasteiger partial charge in [-0.1, -0.05) is 35.3 Å². The summed E-state index contributed by atoms with van der Waals surface area (Å²) in [5, 5.41) is 10.5. The minimum atomic E-state index is 0.576. The van der Waals surface area contributed by atoms with Crippen molar-refractivity contribution in [3.05, 3.63) is 58.1 Å². The molecule has 6 heteroatoms. The molecular weight excluding hydrogens is 369 g/mol. The molecule has 1 aromatic heterocycles. The summed E-state index contributed by atoms with van der Waals surface area (Å²) in [7, 11) is 0. The summed E-state index contributed by atoms with van der Waals surface area (Å²) in [6.07, 6.45) is 2.29. The number of fused-ring (bicyclic) bond motifs is 1. The molecule has 1 N–H and O–H groups in total. The highest BCUT2D eigenvalue weighted by Gasteiger charge is 2.17. The highest BCUT2D eigenvalue weighted by Crippen LogP contribution is 2.29. The van der Waals surface area contributed by atoms with Crippen LogP contribution in [0.15, 0.2) is 42.5 Å². The Morgan fingerprint density at radius 3 is 2.54 bits per heavy atom. The molecule has 2 heterocycles. The van der Waals surface area contributed by atoms with E-state index in [0.29, 0.717) is 30.0 Å². The summed E-state index contributed by atoms with van der Waals surface area (Å²) in [6, 6.07) is 13.6. The number of aromatic nitrogens is 2. The van der Waals surface area contributed by atoms with Crippen molar-refractivity contribution < 1.29 is 4.74 Å². The summed E-state index contributed by atoms with van der Waals surface area (Å²) in [5.74, 6) is 1.24. The minimum Gasteiger partial charge on any atom is -0.476 e. The first-order valence-electron chi connectivity index (χ1n) is 8.93. The lowest BCUT2D eigenvalue weighted by molar-refractivity contribution is 0.209. The molecule has 0 amide bonds. The van der Waals surface area contributed by atoms with Gasteiger partial charge < -0.3 is 10.1 Å². The van der Waals surface area contributed by atoms with E-state index in [1.165, 1.54) is 0 Å². The average molecular weight is 390 g/mol. The number of ether oxygens (including phenoxy) is 1. The monoisotopic (exact) mass is 389 g/mol. The van der Waals surface area contributed by atoms with E-state index >= 15 is 0 Å². The molecular formula is C20H21Cl2N3O. The second kappa shape index (κ2) is 7.87. The van der Waals surface area contributed by atoms with Crippen LogP contribution < -0.4 is 10.1 Å². The van der Waals surface area contributed by atoms with E-state index in [-0.39, 0.29) is 0 Å². The Kier molecular flexibility index (Phi) is 5.34. The van der Waals surface area contributed by atoms with Crippen LogP contribution in [0.5, 0.6) is 5.88 Å². The first-order chi connectivity index (χ1) is 12.7. The quantitative estimate of drug-likeness (QED) is 0.682. The summed E-state index contributed by atoms with van der Waals surface area (Å²) in [4.78, 5) is 0. The summed E-state index contributed by atoms with van der Waals surface area (Å²) < 4.78 is 8.08. The van der Waals surface area contributed by atoms with Crippen LogP contribution in [0.1, 0.15) is 18.4 Å². The first-order valence-corrected chi connectivity index (χ1v) is 9.68. The van der Waals surface area contributed by atoms with Crippen molar-refractivity contribution in [2.45, 2.75) is 19.4 Å². The summed E-state index contributed by atoms with van der Waals surface area (Å²) in [6.45, 7) is 3.48. The van der Waals surface area contributed by atoms with Crippen molar-refractivity contribution in [1.82, 2.24) is 15.1 Å². The Morgan fingerprint density at radius 1 is 1.04 bits per heavy atom. The summed E-state index contributed by atoms with van der Waals surface area (Å²) >= 11 is 12.2. The van der Waals surface area contributed by atoms with Crippen molar-refractivity contribution in [2.24, 2.45) is 5.92 Å². The Balaban J connectivity index is 1.59. The normalized spacial score (nSPS) is 15.5. The second-order valence-electron chi connectivity index (χ2n) is 6.76. The van der Waals surface area contributed by atoms with Crippen molar-refractivity contribution in [3.8, 4) is 5.88 Å². The maximum Gasteiger partial charge on any atom is 0.240 e. The molecule has 0 bridgehead atoms. The number of nitrogens with zero attached hydrogens (tertiary/aromatic N) is 2. The van der Waals surface area contributed by atoms with Crippen LogP contribution in [0.2, 0.25) is 10.0 Å². The predicted molar refractivity (Wildman–Crippen MR) is 106 cm³/mol. The Labute approximate surface area is 163 Å². The average Bonchev–Trinajstić information content (AvgIpc) is 2.99. The van der Waals surface area contributed by atoms with Crippen LogP contribution in [-0.2, 0) is 6.54 Å². The van der Waals surface area contributed by atoms with Crippen LogP contribution in [0.25, 0.3) is 10.9 Å². The van der Waals surface area contributed by atoms with Gasteiger partial charge in [0.15, 0.2) is 0 Å². The van der Waals surface area contributed by atoms with Gasteiger partial charge >= 0.3 is 0 Å². The van der Waals surface area contributed by atoms with Gasteiger partial charge in [-0.05, 0) is 67.7 Å². The highest BCUT2D eigenvalue weighted by atomic mass is 35.5. The zero-order valence-corrected chi connectivity index (χ0v) is 15.9. The molecule has 4 rings (SSSR count). The van der Waals surface area contributed by atoms with Crippen molar-refractivity contribution in [1.29, 1.82) is 0 Å². The third kappa shape index (κ3) is 3.98. The van der Waals surface area contributed by atoms with Gasteiger partial charge in [-0.15, -0.1) is 5.10 Å². The number of hydrogen-bond acceptors (Lipinski definition) is 3. The van der Waals surface area contributed by atoms with Crippen molar-refractivity contribution in [3.63, 3.8) is 0 Å². The van der Waals surface area contributed by atoms with Gasteiger partial charge in [-0.25, -0.2) is 0 Å². The van der Waals surface area contributed by atoms with E-state index in [2.05, 4.69) is 5.32 Å². The van der Waals surface area contributed by atoms with Crippen LogP contribution in [0.4, 0.5) is 0 Å². The molecule has 1 aliphatic heterocycles. The Hall–Kier alpha value is -1.75. The molecule has 136 valence electrons. The molecule has 0 spiro atoms. The number of piperidine rings is 1. The second-order valence-corrected chi connectivity index (χ2v) is 7.63. The maximum atomic E-state index is 6.21. The van der Waals surface area contributed by atoms with Gasteiger partial charge in [0.2, 0.25) is 5.88 Å². The fourth-order valence-corrected chi connectivity index (χ4v) is 3.66. The van der Waals surface area contributed by atoms with Crippen LogP contribution >= 0.6 is 23.2 Å². The Bertz CT molecular complexity index is 886. The molecule has 1 saturated heterocycles. The predicted octanol–water partition coefficient (Wildman–Crippen LogP) is 4.77. The molecule has 0 aliphatic carbocycles. The number of benzene rings is 2. The molecule has 3 aromatic rings. The molecule has 1 fully saturated rings. The maximum absolute atomic E-state index is 6.21. The van der Waals surface area contributed by atoms with Gasteiger partial charge in [0.1, 0.15) is 0 Å². The van der Waals surface area contributed by atoms with Gasteiger partial charge in [0, 0.05) is 10.0 Å². The van der Waals surface area contributed by atoms with E-state index in [0.717, 1.165) is 47.4 Å². The number of rotatable bonds is 5. The molecule has 4 nitrogen and oxygen atoms in total.